The number of fused-ring (bicyclic) bond motifs is 4. The van der Waals surface area contributed by atoms with Crippen molar-refractivity contribution in [3.05, 3.63) is 102 Å². The van der Waals surface area contributed by atoms with Crippen LogP contribution >= 0.6 is 12.0 Å². The Bertz CT molecular complexity index is 2010. The van der Waals surface area contributed by atoms with Gasteiger partial charge in [0.25, 0.3) is 0 Å². The molecule has 3 aromatic carbocycles. The highest BCUT2D eigenvalue weighted by molar-refractivity contribution is 7.94. The molecule has 2 aliphatic rings. The molecule has 0 aliphatic carbocycles. The van der Waals surface area contributed by atoms with E-state index in [0.717, 1.165) is 16.3 Å². The Morgan fingerprint density at radius 3 is 2.33 bits per heavy atom. The summed E-state index contributed by atoms with van der Waals surface area (Å²) in [6.45, 7) is 7.69. The van der Waals surface area contributed by atoms with Crippen molar-refractivity contribution >= 4 is 60.1 Å². The van der Waals surface area contributed by atoms with Gasteiger partial charge in [-0.1, -0.05) is 56.3 Å². The molecule has 5 rings (SSSR count). The fraction of sp³-hybridized carbons (Fsp3) is 0.258. The minimum Gasteiger partial charge on any atom is -0.747 e. The summed E-state index contributed by atoms with van der Waals surface area (Å²) >= 11 is 0.699. The summed E-state index contributed by atoms with van der Waals surface area (Å²) in [6, 6.07) is 16.5. The largest absolute Gasteiger partial charge is 0.747 e. The average Bonchev–Trinajstić information content (AvgIpc) is 3.28. The molecule has 238 valence electrons. The van der Waals surface area contributed by atoms with Crippen molar-refractivity contribution in [2.24, 2.45) is 0 Å². The first-order chi connectivity index (χ1) is 21.0. The molecule has 0 saturated heterocycles. The Balaban J connectivity index is 1.52. The van der Waals surface area contributed by atoms with Crippen LogP contribution in [0, 0.1) is 0 Å². The topological polar surface area (TPSA) is 162 Å². The smallest absolute Gasteiger partial charge is 0.237 e. The standard InChI is InChI=1S/C31H32N2O9S3/c1-30(2)24-18-22(43-42-41-34)15-17-25(24)32(19-44(35,36)37)27(30)12-6-5-7-13-28-31(3,4)29-23-11-9-8-10-21(23)14-16-26(29)33(28)20-45(38,39)40/h5-18H,19-20H2,1-4H3,(H2-,34,35,36,37,38,39,40)/p-2. The maximum Gasteiger partial charge on any atom is 0.237 e. The summed E-state index contributed by atoms with van der Waals surface area (Å²) in [5.74, 6) is -1.52. The molecule has 0 unspecified atom stereocenters. The summed E-state index contributed by atoms with van der Waals surface area (Å²) < 4.78 is 77.3. The summed E-state index contributed by atoms with van der Waals surface area (Å²) in [6.07, 6.45) is 8.56. The maximum absolute atomic E-state index is 11.9. The lowest BCUT2D eigenvalue weighted by atomic mass is 9.79. The lowest BCUT2D eigenvalue weighted by molar-refractivity contribution is -0.777. The molecule has 3 aromatic rings. The molecule has 0 spiro atoms. The van der Waals surface area contributed by atoms with Crippen LogP contribution in [0.25, 0.3) is 10.8 Å². The van der Waals surface area contributed by atoms with Gasteiger partial charge >= 0.3 is 0 Å². The van der Waals surface area contributed by atoms with Crippen LogP contribution in [0.5, 0.6) is 0 Å². The van der Waals surface area contributed by atoms with Crippen molar-refractivity contribution in [2.45, 2.75) is 43.4 Å². The lowest BCUT2D eigenvalue weighted by Gasteiger charge is -2.27. The molecule has 0 N–H and O–H groups in total. The second-order valence-electron chi connectivity index (χ2n) is 11.7. The predicted molar refractivity (Wildman–Crippen MR) is 167 cm³/mol. The van der Waals surface area contributed by atoms with Crippen LogP contribution in [-0.2, 0) is 40.4 Å². The van der Waals surface area contributed by atoms with E-state index in [1.165, 1.54) is 9.48 Å². The zero-order valence-corrected chi connectivity index (χ0v) is 27.2. The number of rotatable bonds is 10. The van der Waals surface area contributed by atoms with Crippen LogP contribution in [0.1, 0.15) is 38.8 Å². The van der Waals surface area contributed by atoms with E-state index in [-0.39, 0.29) is 0 Å². The summed E-state index contributed by atoms with van der Waals surface area (Å²) in [4.78, 5) is 1.97. The predicted octanol–water partition coefficient (Wildman–Crippen LogP) is 4.25. The molecule has 2 aliphatic heterocycles. The molecule has 0 fully saturated rings. The Morgan fingerprint density at radius 2 is 1.64 bits per heavy atom. The van der Waals surface area contributed by atoms with E-state index in [1.807, 2.05) is 64.1 Å². The van der Waals surface area contributed by atoms with Gasteiger partial charge in [0.05, 0.1) is 17.5 Å². The van der Waals surface area contributed by atoms with Crippen molar-refractivity contribution in [3.8, 4) is 0 Å². The van der Waals surface area contributed by atoms with E-state index in [0.29, 0.717) is 45.3 Å². The van der Waals surface area contributed by atoms with Crippen LogP contribution in [0.15, 0.2) is 95.6 Å². The summed E-state index contributed by atoms with van der Waals surface area (Å²) in [5, 5.41) is 15.7. The third-order valence-electron chi connectivity index (χ3n) is 8.08. The van der Waals surface area contributed by atoms with Gasteiger partial charge in [-0.15, -0.1) is 0 Å². The van der Waals surface area contributed by atoms with Crippen LogP contribution in [0.3, 0.4) is 0 Å². The molecule has 0 amide bonds. The van der Waals surface area contributed by atoms with Gasteiger partial charge in [0, 0.05) is 39.4 Å². The van der Waals surface area contributed by atoms with Crippen LogP contribution in [0.4, 0.5) is 11.4 Å². The van der Waals surface area contributed by atoms with Gasteiger partial charge < -0.3 is 19.3 Å². The fourth-order valence-electron chi connectivity index (χ4n) is 6.25. The second kappa shape index (κ2) is 12.1. The molecule has 0 atom stereocenters. The average molecular weight is 671 g/mol. The van der Waals surface area contributed by atoms with E-state index < -0.39 is 42.8 Å². The quantitative estimate of drug-likeness (QED) is 0.0757. The minimum atomic E-state index is -4.66. The molecule has 0 saturated carbocycles. The van der Waals surface area contributed by atoms with E-state index >= 15 is 0 Å². The van der Waals surface area contributed by atoms with Crippen molar-refractivity contribution < 1.29 is 45.1 Å². The van der Waals surface area contributed by atoms with Crippen LogP contribution < -0.4 is 10.2 Å². The highest BCUT2D eigenvalue weighted by Crippen LogP contribution is 2.49. The number of hydrogen-bond donors (Lipinski definition) is 0. The zero-order valence-electron chi connectivity index (χ0n) is 24.8. The third kappa shape index (κ3) is 6.64. The Labute approximate surface area is 266 Å². The Morgan fingerprint density at radius 1 is 0.911 bits per heavy atom. The molecular formula is C31H30N2O9S3-2. The molecular weight excluding hydrogens is 641 g/mol. The van der Waals surface area contributed by atoms with Gasteiger partial charge in [0.1, 0.15) is 16.0 Å². The minimum absolute atomic E-state index is 0.518. The Hall–Kier alpha value is -3.34. The van der Waals surface area contributed by atoms with Gasteiger partial charge in [-0.3, -0.25) is 5.04 Å². The molecule has 45 heavy (non-hydrogen) atoms. The molecule has 0 aromatic heterocycles. The zero-order chi connectivity index (χ0) is 32.8. The van der Waals surface area contributed by atoms with Crippen LogP contribution in [0.2, 0.25) is 0 Å². The highest BCUT2D eigenvalue weighted by atomic mass is 32.2. The Kier molecular flexibility index (Phi) is 8.89. The van der Waals surface area contributed by atoms with Gasteiger partial charge in [-0.2, -0.15) is 8.91 Å². The van der Waals surface area contributed by atoms with Crippen molar-refractivity contribution in [1.29, 1.82) is 0 Å². The van der Waals surface area contributed by atoms with E-state index in [4.69, 9.17) is 0 Å². The summed E-state index contributed by atoms with van der Waals surface area (Å²) in [7, 11) is -9.28. The van der Waals surface area contributed by atoms with Gasteiger partial charge in [0.2, 0.25) is 11.6 Å². The third-order valence-corrected chi connectivity index (χ3v) is 9.80. The first-order valence-corrected chi connectivity index (χ1v) is 17.6. The fourth-order valence-corrected chi connectivity index (χ4v) is 7.83. The number of allylic oxidation sites excluding steroid dienone is 6. The highest BCUT2D eigenvalue weighted by Gasteiger charge is 2.46. The van der Waals surface area contributed by atoms with Gasteiger partial charge in [-0.05, 0) is 60.5 Å². The first-order valence-electron chi connectivity index (χ1n) is 13.7. The van der Waals surface area contributed by atoms with Crippen LogP contribution in [-0.4, -0.2) is 48.0 Å². The first kappa shape index (κ1) is 33.0. The normalized spacial score (nSPS) is 18.6. The number of hydrogen-bond acceptors (Lipinski definition) is 11. The van der Waals surface area contributed by atoms with E-state index in [1.54, 1.807) is 48.6 Å². The maximum atomic E-state index is 11.9. The van der Waals surface area contributed by atoms with E-state index in [9.17, 15) is 31.2 Å². The second-order valence-corrected chi connectivity index (χ2v) is 15.3. The molecule has 0 bridgehead atoms. The van der Waals surface area contributed by atoms with Crippen molar-refractivity contribution in [2.75, 3.05) is 16.7 Å². The van der Waals surface area contributed by atoms with Crippen molar-refractivity contribution in [1.82, 2.24) is 0 Å². The summed E-state index contributed by atoms with van der Waals surface area (Å²) in [5.41, 5.74) is 2.56. The number of benzene rings is 3. The molecule has 0 radical (unpaired) electrons. The van der Waals surface area contributed by atoms with Crippen molar-refractivity contribution in [3.63, 3.8) is 0 Å². The number of anilines is 1. The van der Waals surface area contributed by atoms with E-state index in [2.05, 4.69) is 9.37 Å². The molecule has 2 heterocycles. The monoisotopic (exact) mass is 670 g/mol. The molecule has 14 heteroatoms. The van der Waals surface area contributed by atoms with Gasteiger partial charge in [0.15, 0.2) is 15.8 Å². The lowest BCUT2D eigenvalue weighted by Crippen LogP contribution is -2.30. The number of nitrogens with zero attached hydrogens (tertiary/aromatic N) is 2. The SMILES string of the molecule is CC1(C)C(=CC=CC=CC2=[N+](CS(=O)(=O)[O-])c3ccc4ccccc4c3C2(C)C)N(CS(=O)(=O)[O-])c2ccc(SOO[O-])cc21. The molecule has 11 nitrogen and oxygen atoms in total. The van der Waals surface area contributed by atoms with Gasteiger partial charge in [-0.25, -0.2) is 16.8 Å².